The van der Waals surface area contributed by atoms with Crippen LogP contribution in [0.1, 0.15) is 89.0 Å². The van der Waals surface area contributed by atoms with Crippen molar-refractivity contribution in [2.24, 2.45) is 5.92 Å². The topological polar surface area (TPSA) is 44.9 Å². The lowest BCUT2D eigenvalue weighted by atomic mass is 9.83. The predicted molar refractivity (Wildman–Crippen MR) is 218 cm³/mol. The smallest absolute Gasteiger partial charge is 0.137 e. The number of rotatable bonds is 7. The molecule has 4 aromatic carbocycles. The zero-order chi connectivity index (χ0) is 37.1. The number of para-hydroxylation sites is 1. The van der Waals surface area contributed by atoms with E-state index in [0.29, 0.717) is 5.92 Å². The van der Waals surface area contributed by atoms with Gasteiger partial charge in [0.25, 0.3) is 0 Å². The summed E-state index contributed by atoms with van der Waals surface area (Å²) in [6, 6.07) is 32.5. The normalized spacial score (nSPS) is 12.4. The Hall–Kier alpha value is -5.16. The van der Waals surface area contributed by atoms with E-state index in [0.717, 1.165) is 46.2 Å². The first-order valence-corrected chi connectivity index (χ1v) is 18.6. The summed E-state index contributed by atoms with van der Waals surface area (Å²) in [5, 5.41) is 7.63. The lowest BCUT2D eigenvalue weighted by Crippen LogP contribution is -2.19. The van der Waals surface area contributed by atoms with Gasteiger partial charge in [-0.25, -0.2) is 9.67 Å². The fraction of sp³-hybridized carbons (Fsp3) is 0.319. The highest BCUT2D eigenvalue weighted by molar-refractivity contribution is 6.09. The molecule has 0 aliphatic rings. The summed E-state index contributed by atoms with van der Waals surface area (Å²) in [6.07, 6.45) is 2.94. The largest absolute Gasteiger partial charge is 0.457 e. The average Bonchev–Trinajstić information content (AvgIpc) is 3.59. The van der Waals surface area contributed by atoms with Gasteiger partial charge in [0.15, 0.2) is 0 Å². The van der Waals surface area contributed by atoms with Gasteiger partial charge in [-0.2, -0.15) is 5.10 Å². The lowest BCUT2D eigenvalue weighted by Gasteiger charge is -2.26. The van der Waals surface area contributed by atoms with Gasteiger partial charge < -0.3 is 4.74 Å². The number of hydrogen-bond donors (Lipinski definition) is 0. The van der Waals surface area contributed by atoms with Crippen LogP contribution in [0.2, 0.25) is 0 Å². The summed E-state index contributed by atoms with van der Waals surface area (Å²) in [5.74, 6) is 3.03. The van der Waals surface area contributed by atoms with E-state index in [-0.39, 0.29) is 10.8 Å². The summed E-state index contributed by atoms with van der Waals surface area (Å²) in [4.78, 5) is 4.87. The molecule has 0 radical (unpaired) electrons. The van der Waals surface area contributed by atoms with E-state index in [1.807, 2.05) is 6.20 Å². The van der Waals surface area contributed by atoms with Crippen molar-refractivity contribution in [1.82, 2.24) is 19.3 Å². The zero-order valence-electron chi connectivity index (χ0n) is 32.7. The Labute approximate surface area is 309 Å². The SMILES string of the molecule is Cc1cccc(C)c1-c1c(C)nn(-c2cc(Oc3ccc4c5ccccc5n(-c5cc(CC(C)C)ccn5)c4c3)cc(C(C)(C)C)c2)c1C(C)(C)C. The van der Waals surface area contributed by atoms with Crippen molar-refractivity contribution in [1.29, 1.82) is 0 Å². The molecule has 0 N–H and O–H groups in total. The molecule has 7 rings (SSSR count). The lowest BCUT2D eigenvalue weighted by molar-refractivity contribution is 0.477. The van der Waals surface area contributed by atoms with Gasteiger partial charge in [-0.15, -0.1) is 0 Å². The fourth-order valence-electron chi connectivity index (χ4n) is 7.69. The Balaban J connectivity index is 1.39. The van der Waals surface area contributed by atoms with E-state index in [4.69, 9.17) is 14.8 Å². The maximum absolute atomic E-state index is 6.86. The third kappa shape index (κ3) is 6.53. The highest BCUT2D eigenvalue weighted by atomic mass is 16.5. The van der Waals surface area contributed by atoms with E-state index in [9.17, 15) is 0 Å². The first kappa shape index (κ1) is 35.3. The Morgan fingerprint density at radius 2 is 1.38 bits per heavy atom. The third-order valence-electron chi connectivity index (χ3n) is 10.1. The molecule has 0 aliphatic carbocycles. The molecule has 0 unspecified atom stereocenters. The van der Waals surface area contributed by atoms with E-state index >= 15 is 0 Å². The number of pyridine rings is 1. The van der Waals surface area contributed by atoms with Crippen molar-refractivity contribution in [3.63, 3.8) is 0 Å². The number of aromatic nitrogens is 4. The molecule has 0 bridgehead atoms. The number of hydrogen-bond acceptors (Lipinski definition) is 3. The van der Waals surface area contributed by atoms with Crippen LogP contribution in [0.4, 0.5) is 0 Å². The van der Waals surface area contributed by atoms with Crippen LogP contribution in [-0.2, 0) is 17.3 Å². The van der Waals surface area contributed by atoms with E-state index in [1.54, 1.807) is 0 Å². The standard InChI is InChI=1S/C47H52N4O/c1-29(2)23-33-21-22-48-42(24-33)50-40-18-13-12-17-38(40)39-20-19-36(28-41(39)50)52-37-26-34(46(6,7)8)25-35(27-37)51-45(47(9,10)11)44(32(5)49-51)43-30(3)15-14-16-31(43)4/h12-22,24-29H,23H2,1-11H3. The van der Waals surface area contributed by atoms with Crippen LogP contribution in [0.15, 0.2) is 97.2 Å². The number of ether oxygens (including phenoxy) is 1. The molecular weight excluding hydrogens is 637 g/mol. The minimum atomic E-state index is -0.178. The van der Waals surface area contributed by atoms with Gasteiger partial charge in [0.2, 0.25) is 0 Å². The zero-order valence-corrected chi connectivity index (χ0v) is 32.7. The maximum atomic E-state index is 6.86. The highest BCUT2D eigenvalue weighted by Gasteiger charge is 2.30. The first-order chi connectivity index (χ1) is 24.6. The minimum absolute atomic E-state index is 0.114. The second-order valence-corrected chi connectivity index (χ2v) is 17.0. The Kier molecular flexibility index (Phi) is 8.89. The van der Waals surface area contributed by atoms with Crippen molar-refractivity contribution >= 4 is 21.8 Å². The van der Waals surface area contributed by atoms with E-state index < -0.39 is 0 Å². The second kappa shape index (κ2) is 13.1. The molecule has 0 amide bonds. The van der Waals surface area contributed by atoms with Gasteiger partial charge in [0.1, 0.15) is 17.3 Å². The number of nitrogens with zero attached hydrogens (tertiary/aromatic N) is 4. The molecule has 3 heterocycles. The van der Waals surface area contributed by atoms with Crippen LogP contribution in [0.5, 0.6) is 11.5 Å². The predicted octanol–water partition coefficient (Wildman–Crippen LogP) is 12.5. The summed E-state index contributed by atoms with van der Waals surface area (Å²) in [5.41, 5.74) is 12.6. The molecule has 0 fully saturated rings. The fourth-order valence-corrected chi connectivity index (χ4v) is 7.69. The van der Waals surface area contributed by atoms with Crippen LogP contribution in [-0.4, -0.2) is 19.3 Å². The van der Waals surface area contributed by atoms with Crippen LogP contribution in [0, 0.1) is 26.7 Å². The van der Waals surface area contributed by atoms with Crippen molar-refractivity contribution in [3.05, 3.63) is 131 Å². The van der Waals surface area contributed by atoms with Crippen molar-refractivity contribution in [2.45, 2.75) is 93.4 Å². The summed E-state index contributed by atoms with van der Waals surface area (Å²) < 4.78 is 11.3. The van der Waals surface area contributed by atoms with Crippen LogP contribution in [0.3, 0.4) is 0 Å². The minimum Gasteiger partial charge on any atom is -0.457 e. The molecule has 5 heteroatoms. The van der Waals surface area contributed by atoms with Crippen molar-refractivity contribution < 1.29 is 4.74 Å². The van der Waals surface area contributed by atoms with Crippen LogP contribution in [0.25, 0.3) is 44.4 Å². The van der Waals surface area contributed by atoms with Gasteiger partial charge in [0.05, 0.1) is 28.1 Å². The molecular formula is C47H52N4O. The number of fused-ring (bicyclic) bond motifs is 3. The number of aryl methyl sites for hydroxylation is 3. The molecule has 7 aromatic rings. The van der Waals surface area contributed by atoms with Crippen LogP contribution < -0.4 is 4.74 Å². The van der Waals surface area contributed by atoms with Crippen molar-refractivity contribution in [3.8, 4) is 34.1 Å². The second-order valence-electron chi connectivity index (χ2n) is 17.0. The van der Waals surface area contributed by atoms with Crippen LogP contribution >= 0.6 is 0 Å². The Bertz CT molecular complexity index is 2420. The van der Waals surface area contributed by atoms with Crippen molar-refractivity contribution in [2.75, 3.05) is 0 Å². The molecule has 5 nitrogen and oxygen atoms in total. The molecule has 266 valence electrons. The van der Waals surface area contributed by atoms with Gasteiger partial charge in [0, 0.05) is 40.1 Å². The molecule has 0 atom stereocenters. The van der Waals surface area contributed by atoms with E-state index in [1.165, 1.54) is 49.8 Å². The first-order valence-electron chi connectivity index (χ1n) is 18.6. The van der Waals surface area contributed by atoms with Gasteiger partial charge in [-0.3, -0.25) is 4.57 Å². The van der Waals surface area contributed by atoms with Gasteiger partial charge in [-0.1, -0.05) is 91.8 Å². The average molecular weight is 689 g/mol. The highest BCUT2D eigenvalue weighted by Crippen LogP contribution is 2.42. The third-order valence-corrected chi connectivity index (χ3v) is 10.1. The molecule has 0 saturated carbocycles. The monoisotopic (exact) mass is 688 g/mol. The molecule has 0 spiro atoms. The maximum Gasteiger partial charge on any atom is 0.137 e. The Morgan fingerprint density at radius 3 is 2.08 bits per heavy atom. The molecule has 52 heavy (non-hydrogen) atoms. The van der Waals surface area contributed by atoms with Gasteiger partial charge in [-0.05, 0) is 109 Å². The Morgan fingerprint density at radius 1 is 0.673 bits per heavy atom. The summed E-state index contributed by atoms with van der Waals surface area (Å²) >= 11 is 0. The molecule has 0 aliphatic heterocycles. The summed E-state index contributed by atoms with van der Waals surface area (Å²) in [7, 11) is 0. The van der Waals surface area contributed by atoms with Gasteiger partial charge >= 0.3 is 0 Å². The summed E-state index contributed by atoms with van der Waals surface area (Å²) in [6.45, 7) is 24.7. The number of benzene rings is 4. The quantitative estimate of drug-likeness (QED) is 0.167. The molecule has 0 saturated heterocycles. The molecule has 3 aromatic heterocycles. The van der Waals surface area contributed by atoms with E-state index in [2.05, 4.69) is 176 Å².